The van der Waals surface area contributed by atoms with Gasteiger partial charge in [-0.1, -0.05) is 32.6 Å². The number of carbonyl (C=O) groups excluding carboxylic acids is 1. The predicted octanol–water partition coefficient (Wildman–Crippen LogP) is 2.04. The second kappa shape index (κ2) is 8.79. The highest BCUT2D eigenvalue weighted by atomic mass is 32.1. The smallest absolute Gasteiger partial charge is 0.328 e. The number of fused-ring (bicyclic) bond motifs is 1. The van der Waals surface area contributed by atoms with Crippen LogP contribution in [0.2, 0.25) is 0 Å². The van der Waals surface area contributed by atoms with Crippen molar-refractivity contribution in [1.82, 2.24) is 23.7 Å². The number of aromatic nitrogens is 3. The molecule has 2 fully saturated rings. The number of rotatable bonds is 5. The molecule has 0 aromatic carbocycles. The molecule has 2 aromatic rings. The van der Waals surface area contributed by atoms with Crippen molar-refractivity contribution in [3.63, 3.8) is 0 Å². The van der Waals surface area contributed by atoms with Gasteiger partial charge in [0.15, 0.2) is 5.52 Å². The van der Waals surface area contributed by atoms with Crippen molar-refractivity contribution < 1.29 is 4.79 Å². The molecular weight excluding hydrogens is 390 g/mol. The molecule has 1 amide bonds. The van der Waals surface area contributed by atoms with Gasteiger partial charge in [-0.2, -0.15) is 4.37 Å². The lowest BCUT2D eigenvalue weighted by Crippen LogP contribution is -2.52. The summed E-state index contributed by atoms with van der Waals surface area (Å²) in [4.78, 5) is 45.5. The molecule has 29 heavy (non-hydrogen) atoms. The second-order valence-electron chi connectivity index (χ2n) is 8.10. The summed E-state index contributed by atoms with van der Waals surface area (Å²) in [5.41, 5.74) is -0.394. The maximum absolute atomic E-state index is 13.1. The van der Waals surface area contributed by atoms with Gasteiger partial charge < -0.3 is 9.88 Å². The monoisotopic (exact) mass is 419 g/mol. The van der Waals surface area contributed by atoms with E-state index < -0.39 is 11.2 Å². The van der Waals surface area contributed by atoms with E-state index in [0.717, 1.165) is 37.5 Å². The van der Waals surface area contributed by atoms with E-state index in [1.54, 1.807) is 0 Å². The highest BCUT2D eigenvalue weighted by Gasteiger charge is 2.29. The van der Waals surface area contributed by atoms with E-state index in [2.05, 4.69) is 14.3 Å². The maximum Gasteiger partial charge on any atom is 0.328 e. The molecule has 1 saturated heterocycles. The lowest BCUT2D eigenvalue weighted by Gasteiger charge is -2.40. The summed E-state index contributed by atoms with van der Waals surface area (Å²) in [6, 6.07) is 0.656. The molecule has 158 valence electrons. The van der Waals surface area contributed by atoms with Gasteiger partial charge in [-0.05, 0) is 30.8 Å². The molecule has 4 rings (SSSR count). The van der Waals surface area contributed by atoms with Crippen LogP contribution in [-0.2, 0) is 6.54 Å². The molecule has 0 unspecified atom stereocenters. The first-order valence-electron chi connectivity index (χ1n) is 10.8. The number of unbranched alkanes of at least 4 members (excludes halogenated alkanes) is 1. The van der Waals surface area contributed by atoms with Crippen LogP contribution in [0.1, 0.15) is 61.5 Å². The zero-order chi connectivity index (χ0) is 20.4. The standard InChI is InChI=1S/C20H29N5O3S/c1-2-3-9-25-18(26)16-15(21-20(25)28)17(29-22-16)19(27)24-12-10-23(11-13-24)14-7-5-4-6-8-14/h14H,2-13H2,1H3,(H,21,28). The summed E-state index contributed by atoms with van der Waals surface area (Å²) >= 11 is 1.01. The van der Waals surface area contributed by atoms with E-state index in [-0.39, 0.29) is 16.9 Å². The minimum absolute atomic E-state index is 0.137. The first-order chi connectivity index (χ1) is 14.1. The van der Waals surface area contributed by atoms with Gasteiger partial charge in [0, 0.05) is 38.8 Å². The molecule has 2 aromatic heterocycles. The zero-order valence-corrected chi connectivity index (χ0v) is 17.8. The number of hydrogen-bond donors (Lipinski definition) is 1. The van der Waals surface area contributed by atoms with Crippen LogP contribution in [0.5, 0.6) is 0 Å². The molecule has 0 spiro atoms. The number of H-pyrrole nitrogens is 1. The average Bonchev–Trinajstić information content (AvgIpc) is 3.18. The fraction of sp³-hybridized carbons (Fsp3) is 0.700. The van der Waals surface area contributed by atoms with Crippen LogP contribution < -0.4 is 11.2 Å². The van der Waals surface area contributed by atoms with Crippen molar-refractivity contribution in [3.8, 4) is 0 Å². The molecule has 1 saturated carbocycles. The largest absolute Gasteiger partial charge is 0.335 e. The van der Waals surface area contributed by atoms with Crippen LogP contribution in [0, 0.1) is 0 Å². The van der Waals surface area contributed by atoms with Gasteiger partial charge in [0.2, 0.25) is 0 Å². The van der Waals surface area contributed by atoms with Crippen LogP contribution in [0.4, 0.5) is 0 Å². The molecule has 0 atom stereocenters. The zero-order valence-electron chi connectivity index (χ0n) is 17.0. The summed E-state index contributed by atoms with van der Waals surface area (Å²) in [5.74, 6) is -0.137. The van der Waals surface area contributed by atoms with Crippen LogP contribution in [0.15, 0.2) is 9.59 Å². The van der Waals surface area contributed by atoms with Gasteiger partial charge in [-0.15, -0.1) is 0 Å². The Morgan fingerprint density at radius 3 is 2.55 bits per heavy atom. The normalized spacial score (nSPS) is 19.1. The average molecular weight is 420 g/mol. The van der Waals surface area contributed by atoms with E-state index >= 15 is 0 Å². The van der Waals surface area contributed by atoms with Crippen molar-refractivity contribution in [2.24, 2.45) is 0 Å². The Kier molecular flexibility index (Phi) is 6.15. The van der Waals surface area contributed by atoms with Gasteiger partial charge in [0.05, 0.1) is 5.52 Å². The quantitative estimate of drug-likeness (QED) is 0.801. The van der Waals surface area contributed by atoms with Crippen molar-refractivity contribution in [3.05, 3.63) is 25.7 Å². The highest BCUT2D eigenvalue weighted by Crippen LogP contribution is 2.25. The van der Waals surface area contributed by atoms with Gasteiger partial charge in [0.1, 0.15) is 4.88 Å². The fourth-order valence-corrected chi connectivity index (χ4v) is 5.29. The third kappa shape index (κ3) is 4.02. The SMILES string of the molecule is CCCCn1c(=O)[nH]c2c(C(=O)N3CCN(C4CCCCC4)CC3)snc2c1=O. The minimum Gasteiger partial charge on any atom is -0.335 e. The number of carbonyl (C=O) groups is 1. The second-order valence-corrected chi connectivity index (χ2v) is 8.87. The van der Waals surface area contributed by atoms with E-state index in [1.165, 1.54) is 36.7 Å². The van der Waals surface area contributed by atoms with Crippen molar-refractivity contribution in [2.45, 2.75) is 64.5 Å². The molecule has 8 nitrogen and oxygen atoms in total. The highest BCUT2D eigenvalue weighted by molar-refractivity contribution is 7.09. The molecule has 1 aliphatic carbocycles. The fourth-order valence-electron chi connectivity index (χ4n) is 4.49. The molecular formula is C20H29N5O3S. The molecule has 0 radical (unpaired) electrons. The Bertz CT molecular complexity index is 980. The molecule has 2 aliphatic rings. The van der Waals surface area contributed by atoms with Crippen LogP contribution >= 0.6 is 11.5 Å². The molecule has 3 heterocycles. The van der Waals surface area contributed by atoms with E-state index in [9.17, 15) is 14.4 Å². The number of nitrogens with zero attached hydrogens (tertiary/aromatic N) is 4. The molecule has 1 aliphatic heterocycles. The minimum atomic E-state index is -0.465. The predicted molar refractivity (Wildman–Crippen MR) is 114 cm³/mol. The number of aromatic amines is 1. The Labute approximate surface area is 173 Å². The number of piperazine rings is 1. The van der Waals surface area contributed by atoms with Crippen molar-refractivity contribution in [2.75, 3.05) is 26.2 Å². The Morgan fingerprint density at radius 2 is 1.86 bits per heavy atom. The van der Waals surface area contributed by atoms with E-state index in [0.29, 0.717) is 30.6 Å². The first-order valence-corrected chi connectivity index (χ1v) is 11.5. The van der Waals surface area contributed by atoms with E-state index in [1.807, 2.05) is 11.8 Å². The van der Waals surface area contributed by atoms with Crippen LogP contribution in [0.25, 0.3) is 11.0 Å². The molecule has 9 heteroatoms. The summed E-state index contributed by atoms with van der Waals surface area (Å²) in [6.45, 7) is 5.48. The third-order valence-electron chi connectivity index (χ3n) is 6.24. The van der Waals surface area contributed by atoms with E-state index in [4.69, 9.17) is 0 Å². The summed E-state index contributed by atoms with van der Waals surface area (Å²) in [5, 5.41) is 0. The lowest BCUT2D eigenvalue weighted by atomic mass is 9.94. The third-order valence-corrected chi connectivity index (χ3v) is 7.07. The number of amides is 1. The van der Waals surface area contributed by atoms with Gasteiger partial charge >= 0.3 is 5.69 Å². The lowest BCUT2D eigenvalue weighted by molar-refractivity contribution is 0.0528. The topological polar surface area (TPSA) is 91.3 Å². The first kappa shape index (κ1) is 20.3. The number of nitrogens with one attached hydrogen (secondary N) is 1. The molecule has 0 bridgehead atoms. The van der Waals surface area contributed by atoms with Gasteiger partial charge in [0.25, 0.3) is 11.5 Å². The molecule has 1 N–H and O–H groups in total. The van der Waals surface area contributed by atoms with Crippen LogP contribution in [0.3, 0.4) is 0 Å². The summed E-state index contributed by atoms with van der Waals surface area (Å²) in [6.07, 6.45) is 8.11. The maximum atomic E-state index is 13.1. The van der Waals surface area contributed by atoms with Crippen LogP contribution in [-0.4, -0.2) is 61.9 Å². The summed E-state index contributed by atoms with van der Waals surface area (Å²) < 4.78 is 5.40. The van der Waals surface area contributed by atoms with Crippen molar-refractivity contribution in [1.29, 1.82) is 0 Å². The summed E-state index contributed by atoms with van der Waals surface area (Å²) in [7, 11) is 0. The Balaban J connectivity index is 1.51. The van der Waals surface area contributed by atoms with Gasteiger partial charge in [-0.25, -0.2) is 4.79 Å². The Hall–Kier alpha value is -2.00. The van der Waals surface area contributed by atoms with Gasteiger partial charge in [-0.3, -0.25) is 19.1 Å². The number of hydrogen-bond acceptors (Lipinski definition) is 6. The van der Waals surface area contributed by atoms with Crippen molar-refractivity contribution >= 4 is 28.5 Å². The Morgan fingerprint density at radius 1 is 1.14 bits per heavy atom.